The van der Waals surface area contributed by atoms with Gasteiger partial charge >= 0.3 is 0 Å². The summed E-state index contributed by atoms with van der Waals surface area (Å²) in [5.41, 5.74) is 5.49. The number of nitrogen functional groups attached to an aromatic ring is 1. The maximum atomic E-state index is 13.2. The van der Waals surface area contributed by atoms with Crippen molar-refractivity contribution in [1.29, 1.82) is 0 Å². The van der Waals surface area contributed by atoms with Crippen molar-refractivity contribution in [2.24, 2.45) is 12.9 Å². The van der Waals surface area contributed by atoms with Crippen molar-refractivity contribution in [3.8, 4) is 11.1 Å². The van der Waals surface area contributed by atoms with E-state index in [0.29, 0.717) is 33.7 Å². The largest absolute Gasteiger partial charge is 0.369 e. The second kappa shape index (κ2) is 10.2. The van der Waals surface area contributed by atoms with Crippen LogP contribution in [-0.4, -0.2) is 58.6 Å². The molecule has 1 amide bonds. The number of benzene rings is 2. The highest BCUT2D eigenvalue weighted by molar-refractivity contribution is 6.33. The number of carbonyl (C=O) groups excluding carboxylic acids is 1. The predicted octanol–water partition coefficient (Wildman–Crippen LogP) is 2.75. The zero-order valence-electron chi connectivity index (χ0n) is 20.5. The first-order valence-electron chi connectivity index (χ1n) is 11.8. The molecule has 2 aromatic carbocycles. The van der Waals surface area contributed by atoms with Crippen molar-refractivity contribution < 1.29 is 4.79 Å². The summed E-state index contributed by atoms with van der Waals surface area (Å²) >= 11 is 6.41. The van der Waals surface area contributed by atoms with Crippen molar-refractivity contribution in [3.63, 3.8) is 0 Å². The Morgan fingerprint density at radius 1 is 1.00 bits per heavy atom. The van der Waals surface area contributed by atoms with Crippen LogP contribution in [0.25, 0.3) is 22.2 Å². The van der Waals surface area contributed by atoms with Crippen LogP contribution < -0.4 is 27.0 Å². The minimum Gasteiger partial charge on any atom is -0.369 e. The number of nitrogens with two attached hydrogens (primary N) is 1. The second-order valence-corrected chi connectivity index (χ2v) is 9.43. The first kappa shape index (κ1) is 24.7. The summed E-state index contributed by atoms with van der Waals surface area (Å²) in [4.78, 5) is 38.7. The number of hydrogen-bond acceptors (Lipinski definition) is 8. The lowest BCUT2D eigenvalue weighted by Gasteiger charge is -2.34. The van der Waals surface area contributed by atoms with Crippen molar-refractivity contribution in [1.82, 2.24) is 24.9 Å². The van der Waals surface area contributed by atoms with E-state index in [1.807, 2.05) is 12.1 Å². The lowest BCUT2D eigenvalue weighted by atomic mass is 10.0. The number of hydrogen-bond donors (Lipinski definition) is 3. The number of carbonyl (C=O) groups is 1. The number of nitrogens with one attached hydrogen (secondary N) is 2. The molecule has 3 heterocycles. The molecule has 0 unspecified atom stereocenters. The zero-order valence-corrected chi connectivity index (χ0v) is 21.3. The molecule has 1 saturated heterocycles. The Labute approximate surface area is 218 Å². The lowest BCUT2D eigenvalue weighted by molar-refractivity contribution is 0.0953. The third-order valence-electron chi connectivity index (χ3n) is 6.59. The molecule has 0 spiro atoms. The van der Waals surface area contributed by atoms with Gasteiger partial charge in [-0.15, -0.1) is 0 Å². The Morgan fingerprint density at radius 3 is 2.41 bits per heavy atom. The SMILES string of the molecule is CN1CCN(c2ccc(Nc3ncc4cc(-c5ccc(C(=O)NN)cc5Cl)c(=O)n(C)c4n3)cc2)CC1. The van der Waals surface area contributed by atoms with E-state index in [2.05, 4.69) is 49.7 Å². The van der Waals surface area contributed by atoms with Gasteiger partial charge < -0.3 is 15.1 Å². The number of anilines is 3. The summed E-state index contributed by atoms with van der Waals surface area (Å²) in [5, 5.41) is 4.16. The number of pyridine rings is 1. The molecule has 10 nitrogen and oxygen atoms in total. The zero-order chi connectivity index (χ0) is 26.1. The minimum atomic E-state index is -0.470. The van der Waals surface area contributed by atoms with E-state index in [4.69, 9.17) is 17.4 Å². The number of rotatable bonds is 5. The summed E-state index contributed by atoms with van der Waals surface area (Å²) in [6.07, 6.45) is 1.66. The van der Waals surface area contributed by atoms with Crippen molar-refractivity contribution >= 4 is 45.9 Å². The molecule has 0 bridgehead atoms. The third-order valence-corrected chi connectivity index (χ3v) is 6.91. The molecule has 0 saturated carbocycles. The highest BCUT2D eigenvalue weighted by atomic mass is 35.5. The Morgan fingerprint density at radius 2 is 1.73 bits per heavy atom. The molecule has 1 aliphatic rings. The molecular weight excluding hydrogens is 492 g/mol. The molecule has 190 valence electrons. The Kier molecular flexibility index (Phi) is 6.79. The van der Waals surface area contributed by atoms with Gasteiger partial charge in [-0.05, 0) is 49.5 Å². The molecule has 4 N–H and O–H groups in total. The fraction of sp³-hybridized carbons (Fsp3) is 0.231. The molecule has 5 rings (SSSR count). The highest BCUT2D eigenvalue weighted by Crippen LogP contribution is 2.29. The van der Waals surface area contributed by atoms with Gasteiger partial charge in [0.15, 0.2) is 0 Å². The van der Waals surface area contributed by atoms with Crippen molar-refractivity contribution in [2.45, 2.75) is 0 Å². The van der Waals surface area contributed by atoms with Gasteiger partial charge in [-0.3, -0.25) is 19.6 Å². The van der Waals surface area contributed by atoms with Gasteiger partial charge in [0, 0.05) is 77.9 Å². The molecule has 11 heteroatoms. The summed E-state index contributed by atoms with van der Waals surface area (Å²) in [5.74, 6) is 5.11. The van der Waals surface area contributed by atoms with E-state index >= 15 is 0 Å². The smallest absolute Gasteiger partial charge is 0.265 e. The number of aromatic nitrogens is 3. The molecule has 1 fully saturated rings. The number of likely N-dealkylation sites (N-methyl/N-ethyl adjacent to an activating group) is 1. The molecule has 0 radical (unpaired) electrons. The Balaban J connectivity index is 1.40. The lowest BCUT2D eigenvalue weighted by Crippen LogP contribution is -2.44. The summed E-state index contributed by atoms with van der Waals surface area (Å²) in [6.45, 7) is 4.11. The minimum absolute atomic E-state index is 0.261. The van der Waals surface area contributed by atoms with E-state index in [-0.39, 0.29) is 10.6 Å². The van der Waals surface area contributed by atoms with Gasteiger partial charge in [-0.2, -0.15) is 4.98 Å². The van der Waals surface area contributed by atoms with Crippen LogP contribution in [0.5, 0.6) is 0 Å². The first-order valence-corrected chi connectivity index (χ1v) is 12.2. The molecule has 0 aliphatic carbocycles. The number of fused-ring (bicyclic) bond motifs is 1. The molecule has 37 heavy (non-hydrogen) atoms. The summed E-state index contributed by atoms with van der Waals surface area (Å²) < 4.78 is 1.46. The number of piperazine rings is 1. The predicted molar refractivity (Wildman–Crippen MR) is 146 cm³/mol. The fourth-order valence-electron chi connectivity index (χ4n) is 4.41. The molecule has 2 aromatic heterocycles. The summed E-state index contributed by atoms with van der Waals surface area (Å²) in [6, 6.07) is 14.5. The van der Waals surface area contributed by atoms with E-state index in [9.17, 15) is 9.59 Å². The Bertz CT molecular complexity index is 1530. The monoisotopic (exact) mass is 518 g/mol. The van der Waals surface area contributed by atoms with Crippen LogP contribution in [0.2, 0.25) is 5.02 Å². The average molecular weight is 519 g/mol. The van der Waals surface area contributed by atoms with Gasteiger partial charge in [-0.1, -0.05) is 17.7 Å². The van der Waals surface area contributed by atoms with Crippen molar-refractivity contribution in [3.05, 3.63) is 75.7 Å². The van der Waals surface area contributed by atoms with Crippen LogP contribution in [0.3, 0.4) is 0 Å². The molecule has 4 aromatic rings. The van der Waals surface area contributed by atoms with Gasteiger partial charge in [0.25, 0.3) is 11.5 Å². The van der Waals surface area contributed by atoms with Crippen LogP contribution in [0.15, 0.2) is 59.5 Å². The van der Waals surface area contributed by atoms with E-state index < -0.39 is 5.91 Å². The number of amides is 1. The van der Waals surface area contributed by atoms with Gasteiger partial charge in [0.2, 0.25) is 5.95 Å². The van der Waals surface area contributed by atoms with Crippen LogP contribution in [0, 0.1) is 0 Å². The average Bonchev–Trinajstić information content (AvgIpc) is 2.91. The second-order valence-electron chi connectivity index (χ2n) is 9.03. The molecule has 1 aliphatic heterocycles. The number of hydrazine groups is 1. The first-order chi connectivity index (χ1) is 17.8. The molecule has 0 atom stereocenters. The van der Waals surface area contributed by atoms with Crippen LogP contribution in [0.4, 0.5) is 17.3 Å². The third kappa shape index (κ3) is 4.99. The van der Waals surface area contributed by atoms with Gasteiger partial charge in [-0.25, -0.2) is 10.8 Å². The summed E-state index contributed by atoms with van der Waals surface area (Å²) in [7, 11) is 3.79. The highest BCUT2D eigenvalue weighted by Gasteiger charge is 2.16. The number of nitrogens with zero attached hydrogens (tertiary/aromatic N) is 5. The van der Waals surface area contributed by atoms with Crippen LogP contribution in [-0.2, 0) is 7.05 Å². The van der Waals surface area contributed by atoms with E-state index in [1.165, 1.54) is 16.3 Å². The number of aryl methyl sites for hydroxylation is 1. The van der Waals surface area contributed by atoms with E-state index in [1.54, 1.807) is 31.4 Å². The normalized spacial score (nSPS) is 14.1. The molecular formula is C26H27ClN8O2. The van der Waals surface area contributed by atoms with E-state index in [0.717, 1.165) is 31.9 Å². The standard InChI is InChI=1S/C26H27ClN8O2/c1-33-9-11-35(12-10-33)19-6-4-18(5-7-19)30-26-29-15-17-13-21(25(37)34(2)23(17)31-26)20-8-3-16(14-22(20)27)24(36)32-28/h3-8,13-15H,9-12,28H2,1-2H3,(H,32,36)(H,29,30,31). The van der Waals surface area contributed by atoms with Crippen LogP contribution >= 0.6 is 11.6 Å². The maximum Gasteiger partial charge on any atom is 0.265 e. The van der Waals surface area contributed by atoms with Crippen molar-refractivity contribution in [2.75, 3.05) is 43.4 Å². The van der Waals surface area contributed by atoms with Crippen LogP contribution in [0.1, 0.15) is 10.4 Å². The number of halogens is 1. The van der Waals surface area contributed by atoms with Gasteiger partial charge in [0.1, 0.15) is 5.65 Å². The van der Waals surface area contributed by atoms with Gasteiger partial charge in [0.05, 0.1) is 0 Å². The Hall–Kier alpha value is -3.99. The topological polar surface area (TPSA) is 121 Å². The quantitative estimate of drug-likeness (QED) is 0.209. The maximum absolute atomic E-state index is 13.2. The fourth-order valence-corrected chi connectivity index (χ4v) is 4.69.